The first-order valence-electron chi connectivity index (χ1n) is 8.16. The number of nitrogens with one attached hydrogen (secondary N) is 1. The van der Waals surface area contributed by atoms with Gasteiger partial charge in [0.1, 0.15) is 0 Å². The molecule has 0 heterocycles. The van der Waals surface area contributed by atoms with Gasteiger partial charge in [-0.25, -0.2) is 0 Å². The summed E-state index contributed by atoms with van der Waals surface area (Å²) in [5.74, 6) is 1.17. The normalized spacial score (nSPS) is 25.3. The van der Waals surface area contributed by atoms with E-state index >= 15 is 0 Å². The lowest BCUT2D eigenvalue weighted by Gasteiger charge is -2.35. The van der Waals surface area contributed by atoms with Gasteiger partial charge in [0.15, 0.2) is 0 Å². The zero-order valence-corrected chi connectivity index (χ0v) is 13.5. The highest BCUT2D eigenvalue weighted by atomic mass is 16.2. The highest BCUT2D eigenvalue weighted by molar-refractivity contribution is 5.82. The largest absolute Gasteiger partial charge is 0.378 e. The molecule has 0 saturated heterocycles. The fraction of sp³-hybridized carbons (Fsp3) is 0.474. The summed E-state index contributed by atoms with van der Waals surface area (Å²) in [5, 5.41) is 3.39. The fourth-order valence-electron chi connectivity index (χ4n) is 3.50. The van der Waals surface area contributed by atoms with Crippen molar-refractivity contribution < 1.29 is 0 Å². The zero-order chi connectivity index (χ0) is 15.9. The Morgan fingerprint density at radius 2 is 1.68 bits per heavy atom. The van der Waals surface area contributed by atoms with E-state index in [0.717, 1.165) is 17.5 Å². The van der Waals surface area contributed by atoms with Crippen LogP contribution in [0.3, 0.4) is 0 Å². The molecule has 0 amide bonds. The van der Waals surface area contributed by atoms with Gasteiger partial charge in [-0.3, -0.25) is 9.59 Å². The summed E-state index contributed by atoms with van der Waals surface area (Å²) in [4.78, 5) is 24.0. The van der Waals surface area contributed by atoms with E-state index in [0.29, 0.717) is 23.1 Å². The van der Waals surface area contributed by atoms with E-state index in [9.17, 15) is 9.59 Å². The van der Waals surface area contributed by atoms with Crippen LogP contribution in [0.5, 0.6) is 0 Å². The van der Waals surface area contributed by atoms with Gasteiger partial charge >= 0.3 is 0 Å². The smallest absolute Gasteiger partial charge is 0.250 e. The minimum atomic E-state index is -0.360. The van der Waals surface area contributed by atoms with E-state index in [1.54, 1.807) is 0 Å². The minimum Gasteiger partial charge on any atom is -0.378 e. The summed E-state index contributed by atoms with van der Waals surface area (Å²) in [6.45, 7) is 6.51. The summed E-state index contributed by atoms with van der Waals surface area (Å²) in [6.07, 6.45) is 3.49. The lowest BCUT2D eigenvalue weighted by atomic mass is 9.77. The summed E-state index contributed by atoms with van der Waals surface area (Å²) in [7, 11) is 0. The Morgan fingerprint density at radius 3 is 2.36 bits per heavy atom. The Hall–Kier alpha value is -1.90. The first kappa shape index (κ1) is 15.0. The van der Waals surface area contributed by atoms with Crippen LogP contribution in [0.2, 0.25) is 0 Å². The maximum Gasteiger partial charge on any atom is 0.250 e. The van der Waals surface area contributed by atoms with E-state index in [2.05, 4.69) is 19.2 Å². The monoisotopic (exact) mass is 297 g/mol. The maximum absolute atomic E-state index is 12.0. The van der Waals surface area contributed by atoms with Crippen molar-refractivity contribution in [2.45, 2.75) is 46.1 Å². The number of benzene rings is 1. The third-order valence-electron chi connectivity index (χ3n) is 5.29. The van der Waals surface area contributed by atoms with Gasteiger partial charge in [0, 0.05) is 6.04 Å². The van der Waals surface area contributed by atoms with E-state index < -0.39 is 0 Å². The van der Waals surface area contributed by atoms with Crippen LogP contribution in [-0.4, -0.2) is 6.04 Å². The van der Waals surface area contributed by atoms with Crippen molar-refractivity contribution in [1.29, 1.82) is 0 Å². The first-order chi connectivity index (χ1) is 10.5. The second kappa shape index (κ2) is 5.71. The molecule has 2 aromatic rings. The number of aryl methyl sites for hydroxylation is 1. The Kier molecular flexibility index (Phi) is 3.90. The average molecular weight is 297 g/mol. The molecule has 0 aliphatic heterocycles. The number of hydrogen-bond donors (Lipinski definition) is 1. The standard InChI is InChI=1S/C19H23NO2/c1-11-7-9-14(10-8-11)16-17(19(22)18(16)21)20-15-6-4-5-12(2)13(15)3/h7-10,12-13,15,20H,4-6H2,1-3H3/t12-,13-,15-/m1/s1. The highest BCUT2D eigenvalue weighted by Crippen LogP contribution is 2.33. The van der Waals surface area contributed by atoms with Crippen molar-refractivity contribution in [2.24, 2.45) is 11.8 Å². The summed E-state index contributed by atoms with van der Waals surface area (Å²) < 4.78 is 0. The molecule has 116 valence electrons. The maximum atomic E-state index is 12.0. The van der Waals surface area contributed by atoms with E-state index in [-0.39, 0.29) is 16.9 Å². The van der Waals surface area contributed by atoms with Crippen LogP contribution in [0.4, 0.5) is 5.69 Å². The third kappa shape index (κ3) is 2.49. The van der Waals surface area contributed by atoms with Crippen LogP contribution in [0, 0.1) is 18.8 Å². The van der Waals surface area contributed by atoms with Crippen LogP contribution < -0.4 is 16.2 Å². The molecule has 3 heteroatoms. The predicted molar refractivity (Wildman–Crippen MR) is 91.1 cm³/mol. The number of hydrogen-bond acceptors (Lipinski definition) is 3. The summed E-state index contributed by atoms with van der Waals surface area (Å²) >= 11 is 0. The lowest BCUT2D eigenvalue weighted by molar-refractivity contribution is 0.253. The van der Waals surface area contributed by atoms with Crippen LogP contribution >= 0.6 is 0 Å². The second-order valence-electron chi connectivity index (χ2n) is 6.79. The molecule has 1 fully saturated rings. The molecule has 0 aromatic heterocycles. The molecule has 3 nitrogen and oxygen atoms in total. The van der Waals surface area contributed by atoms with Crippen LogP contribution in [-0.2, 0) is 0 Å². The third-order valence-corrected chi connectivity index (χ3v) is 5.29. The predicted octanol–water partition coefficient (Wildman–Crippen LogP) is 3.49. The molecule has 3 atom stereocenters. The fourth-order valence-corrected chi connectivity index (χ4v) is 3.50. The van der Waals surface area contributed by atoms with Crippen molar-refractivity contribution in [2.75, 3.05) is 5.32 Å². The van der Waals surface area contributed by atoms with Crippen LogP contribution in [0.15, 0.2) is 33.9 Å². The van der Waals surface area contributed by atoms with Gasteiger partial charge in [-0.2, -0.15) is 0 Å². The van der Waals surface area contributed by atoms with Crippen molar-refractivity contribution in [3.63, 3.8) is 0 Å². The van der Waals surface area contributed by atoms with Gasteiger partial charge in [-0.15, -0.1) is 0 Å². The van der Waals surface area contributed by atoms with Gasteiger partial charge in [0.2, 0.25) is 10.9 Å². The molecule has 2 aromatic carbocycles. The molecule has 22 heavy (non-hydrogen) atoms. The molecule has 1 saturated carbocycles. The molecule has 3 rings (SSSR count). The quantitative estimate of drug-likeness (QED) is 0.882. The minimum absolute atomic E-state index is 0.288. The van der Waals surface area contributed by atoms with E-state index in [4.69, 9.17) is 0 Å². The number of anilines is 1. The molecule has 0 radical (unpaired) electrons. The van der Waals surface area contributed by atoms with E-state index in [1.807, 2.05) is 31.2 Å². The number of rotatable bonds is 3. The van der Waals surface area contributed by atoms with Crippen LogP contribution in [0.1, 0.15) is 38.7 Å². The Morgan fingerprint density at radius 1 is 1.00 bits per heavy atom. The zero-order valence-electron chi connectivity index (χ0n) is 13.5. The lowest BCUT2D eigenvalue weighted by Crippen LogP contribution is -2.42. The van der Waals surface area contributed by atoms with Gasteiger partial charge in [0.25, 0.3) is 0 Å². The summed E-state index contributed by atoms with van der Waals surface area (Å²) in [5.41, 5.74) is 2.36. The Balaban J connectivity index is 1.89. The van der Waals surface area contributed by atoms with Crippen molar-refractivity contribution in [3.8, 4) is 11.1 Å². The van der Waals surface area contributed by atoms with Crippen LogP contribution in [0.25, 0.3) is 11.1 Å². The average Bonchev–Trinajstić information content (AvgIpc) is 2.52. The molecule has 1 aliphatic rings. The van der Waals surface area contributed by atoms with Crippen molar-refractivity contribution in [3.05, 3.63) is 50.3 Å². The topological polar surface area (TPSA) is 46.2 Å². The van der Waals surface area contributed by atoms with Gasteiger partial charge in [0.05, 0.1) is 11.3 Å². The van der Waals surface area contributed by atoms with Gasteiger partial charge < -0.3 is 5.32 Å². The van der Waals surface area contributed by atoms with Gasteiger partial charge in [-0.05, 0) is 30.7 Å². The molecular formula is C19H23NO2. The van der Waals surface area contributed by atoms with Gasteiger partial charge in [-0.1, -0.05) is 56.5 Å². The van der Waals surface area contributed by atoms with Crippen molar-refractivity contribution >= 4 is 5.69 Å². The molecule has 1 N–H and O–H groups in total. The Bertz CT molecular complexity index is 738. The molecular weight excluding hydrogens is 274 g/mol. The first-order valence-corrected chi connectivity index (χ1v) is 8.16. The molecule has 0 spiro atoms. The molecule has 0 unspecified atom stereocenters. The SMILES string of the molecule is Cc1ccc(-c2c(N[C@@H]3CCC[C@@H](C)[C@H]3C)c(=O)c2=O)cc1. The Labute approximate surface area is 131 Å². The highest BCUT2D eigenvalue weighted by Gasteiger charge is 2.30. The van der Waals surface area contributed by atoms with E-state index in [1.165, 1.54) is 12.8 Å². The summed E-state index contributed by atoms with van der Waals surface area (Å²) in [6, 6.07) is 8.08. The van der Waals surface area contributed by atoms with Crippen molar-refractivity contribution in [1.82, 2.24) is 0 Å². The molecule has 1 aliphatic carbocycles. The molecule has 0 bridgehead atoms. The second-order valence-corrected chi connectivity index (χ2v) is 6.79.